The third kappa shape index (κ3) is 3.76. The number of nitrogens with one attached hydrogen (secondary N) is 1. The van der Waals surface area contributed by atoms with Crippen LogP contribution in [0.5, 0.6) is 0 Å². The topological polar surface area (TPSA) is 76.9 Å². The lowest BCUT2D eigenvalue weighted by atomic mass is 9.94. The molecule has 0 radical (unpaired) electrons. The number of sulfonamides is 1. The molecule has 152 valence electrons. The summed E-state index contributed by atoms with van der Waals surface area (Å²) in [4.78, 5) is 0. The molecule has 0 bridgehead atoms. The Morgan fingerprint density at radius 2 is 1.66 bits per heavy atom. The quantitative estimate of drug-likeness (QED) is 0.658. The Labute approximate surface area is 169 Å². The minimum absolute atomic E-state index is 0.127. The van der Waals surface area contributed by atoms with Gasteiger partial charge in [-0.1, -0.05) is 12.1 Å². The van der Waals surface area contributed by atoms with E-state index >= 15 is 0 Å². The molecule has 1 aliphatic carbocycles. The summed E-state index contributed by atoms with van der Waals surface area (Å²) in [6.07, 6.45) is 3.01. The van der Waals surface area contributed by atoms with Gasteiger partial charge in [-0.15, -0.1) is 10.2 Å². The molecule has 1 aliphatic rings. The van der Waals surface area contributed by atoms with Crippen molar-refractivity contribution in [2.45, 2.75) is 38.1 Å². The van der Waals surface area contributed by atoms with Gasteiger partial charge in [-0.2, -0.15) is 0 Å². The fourth-order valence-corrected chi connectivity index (χ4v) is 4.30. The van der Waals surface area contributed by atoms with E-state index in [4.69, 9.17) is 0 Å². The van der Waals surface area contributed by atoms with E-state index in [1.165, 1.54) is 12.1 Å². The summed E-state index contributed by atoms with van der Waals surface area (Å²) >= 11 is 0. The molecule has 1 aromatic heterocycles. The smallest absolute Gasteiger partial charge is 0.229 e. The molecule has 0 unspecified atom stereocenters. The van der Waals surface area contributed by atoms with E-state index in [1.807, 2.05) is 24.3 Å². The lowest BCUT2D eigenvalue weighted by molar-refractivity contribution is 0.547. The Balaban J connectivity index is 1.74. The zero-order valence-corrected chi connectivity index (χ0v) is 17.4. The van der Waals surface area contributed by atoms with Crippen LogP contribution < -0.4 is 4.72 Å². The third-order valence-corrected chi connectivity index (χ3v) is 5.84. The van der Waals surface area contributed by atoms with Gasteiger partial charge >= 0.3 is 0 Å². The average molecular weight is 415 g/mol. The Morgan fingerprint density at radius 1 is 1.03 bits per heavy atom. The van der Waals surface area contributed by atoms with E-state index in [2.05, 4.69) is 33.3 Å². The molecule has 1 N–H and O–H groups in total. The molecule has 1 saturated carbocycles. The van der Waals surface area contributed by atoms with Crippen LogP contribution in [-0.4, -0.2) is 29.4 Å². The molecule has 2 aromatic carbocycles. The van der Waals surface area contributed by atoms with Gasteiger partial charge in [0.1, 0.15) is 11.6 Å². The van der Waals surface area contributed by atoms with Crippen molar-refractivity contribution in [2.75, 3.05) is 11.0 Å². The summed E-state index contributed by atoms with van der Waals surface area (Å²) in [6.45, 7) is 4.16. The van der Waals surface area contributed by atoms with E-state index in [9.17, 15) is 12.8 Å². The minimum atomic E-state index is -3.33. The van der Waals surface area contributed by atoms with E-state index in [0.29, 0.717) is 5.69 Å². The number of halogens is 1. The van der Waals surface area contributed by atoms with Crippen molar-refractivity contribution in [3.63, 3.8) is 0 Å². The summed E-state index contributed by atoms with van der Waals surface area (Å²) < 4.78 is 40.8. The van der Waals surface area contributed by atoms with E-state index in [0.717, 1.165) is 41.9 Å². The lowest BCUT2D eigenvalue weighted by Gasteiger charge is -2.20. The van der Waals surface area contributed by atoms with Crippen LogP contribution in [-0.2, 0) is 15.4 Å². The van der Waals surface area contributed by atoms with Crippen LogP contribution in [0.3, 0.4) is 0 Å². The highest BCUT2D eigenvalue weighted by molar-refractivity contribution is 7.92. The normalized spacial score (nSPS) is 15.5. The number of anilines is 1. The Hall–Kier alpha value is -2.74. The molecule has 4 rings (SSSR count). The fourth-order valence-electron chi connectivity index (χ4n) is 3.74. The van der Waals surface area contributed by atoms with Crippen molar-refractivity contribution in [3.8, 4) is 11.4 Å². The van der Waals surface area contributed by atoms with Gasteiger partial charge in [-0.05, 0) is 68.7 Å². The predicted octanol–water partition coefficient (Wildman–Crippen LogP) is 4.12. The minimum Gasteiger partial charge on any atom is -0.308 e. The monoisotopic (exact) mass is 414 g/mol. The highest BCUT2D eigenvalue weighted by Gasteiger charge is 2.50. The summed E-state index contributed by atoms with van der Waals surface area (Å²) in [6, 6.07) is 13.8. The Morgan fingerprint density at radius 3 is 2.17 bits per heavy atom. The van der Waals surface area contributed by atoms with E-state index < -0.39 is 10.0 Å². The second kappa shape index (κ2) is 6.95. The number of benzene rings is 2. The summed E-state index contributed by atoms with van der Waals surface area (Å²) in [5.41, 5.74) is 2.16. The molecular weight excluding hydrogens is 391 g/mol. The number of hydrogen-bond donors (Lipinski definition) is 1. The number of hydrogen-bond acceptors (Lipinski definition) is 4. The zero-order valence-electron chi connectivity index (χ0n) is 16.6. The van der Waals surface area contributed by atoms with Crippen LogP contribution in [0, 0.1) is 5.82 Å². The van der Waals surface area contributed by atoms with Crippen LogP contribution in [0.15, 0.2) is 48.5 Å². The molecule has 0 saturated heterocycles. The third-order valence-electron chi connectivity index (χ3n) is 5.23. The SMILES string of the molecule is CC(C)n1c(-c2ccc(NS(C)(=O)=O)cc2)nnc1C1(c2ccc(F)cc2)CC1. The molecule has 6 nitrogen and oxygen atoms in total. The average Bonchev–Trinajstić information content (AvgIpc) is 3.32. The van der Waals surface area contributed by atoms with Crippen LogP contribution in [0.1, 0.15) is 44.1 Å². The van der Waals surface area contributed by atoms with Gasteiger partial charge in [-0.3, -0.25) is 4.72 Å². The van der Waals surface area contributed by atoms with Gasteiger partial charge in [-0.25, -0.2) is 12.8 Å². The molecular formula is C21H23FN4O2S. The molecule has 8 heteroatoms. The maximum atomic E-state index is 13.4. The maximum Gasteiger partial charge on any atom is 0.229 e. The highest BCUT2D eigenvalue weighted by atomic mass is 32.2. The molecule has 3 aromatic rings. The van der Waals surface area contributed by atoms with Gasteiger partial charge < -0.3 is 4.57 Å². The van der Waals surface area contributed by atoms with Crippen LogP contribution >= 0.6 is 0 Å². The number of nitrogens with zero attached hydrogens (tertiary/aromatic N) is 3. The fraction of sp³-hybridized carbons (Fsp3) is 0.333. The summed E-state index contributed by atoms with van der Waals surface area (Å²) in [7, 11) is -3.33. The molecule has 0 spiro atoms. The first-order valence-electron chi connectivity index (χ1n) is 9.49. The largest absolute Gasteiger partial charge is 0.308 e. The van der Waals surface area contributed by atoms with Gasteiger partial charge in [0, 0.05) is 17.3 Å². The summed E-state index contributed by atoms with van der Waals surface area (Å²) in [5.74, 6) is 1.36. The second-order valence-corrected chi connectivity index (χ2v) is 9.60. The van der Waals surface area contributed by atoms with E-state index in [-0.39, 0.29) is 17.3 Å². The van der Waals surface area contributed by atoms with Crippen molar-refractivity contribution in [2.24, 2.45) is 0 Å². The molecule has 1 fully saturated rings. The standard InChI is InChI=1S/C21H23FN4O2S/c1-14(2)26-19(15-4-10-18(11-5-15)25-29(3,27)28)23-24-20(26)21(12-13-21)16-6-8-17(22)9-7-16/h4-11,14,25H,12-13H2,1-3H3. The molecule has 1 heterocycles. The molecule has 29 heavy (non-hydrogen) atoms. The Kier molecular flexibility index (Phi) is 4.69. The van der Waals surface area contributed by atoms with E-state index in [1.54, 1.807) is 12.1 Å². The zero-order chi connectivity index (χ0) is 20.8. The van der Waals surface area contributed by atoms with Crippen molar-refractivity contribution >= 4 is 15.7 Å². The number of rotatable bonds is 6. The first kappa shape index (κ1) is 19.6. The van der Waals surface area contributed by atoms with Crippen LogP contribution in [0.4, 0.5) is 10.1 Å². The van der Waals surface area contributed by atoms with Crippen molar-refractivity contribution in [1.29, 1.82) is 0 Å². The molecule has 0 aliphatic heterocycles. The maximum absolute atomic E-state index is 13.4. The molecule has 0 amide bonds. The van der Waals surface area contributed by atoms with Crippen LogP contribution in [0.25, 0.3) is 11.4 Å². The van der Waals surface area contributed by atoms with Gasteiger partial charge in [0.15, 0.2) is 5.82 Å². The number of aromatic nitrogens is 3. The highest BCUT2D eigenvalue weighted by Crippen LogP contribution is 2.53. The van der Waals surface area contributed by atoms with Crippen molar-refractivity contribution in [3.05, 3.63) is 65.7 Å². The summed E-state index contributed by atoms with van der Waals surface area (Å²) in [5, 5.41) is 9.00. The second-order valence-electron chi connectivity index (χ2n) is 7.85. The predicted molar refractivity (Wildman–Crippen MR) is 111 cm³/mol. The first-order chi connectivity index (χ1) is 13.7. The van der Waals surface area contributed by atoms with Gasteiger partial charge in [0.2, 0.25) is 10.0 Å². The lowest BCUT2D eigenvalue weighted by Crippen LogP contribution is -2.18. The van der Waals surface area contributed by atoms with Gasteiger partial charge in [0.25, 0.3) is 0 Å². The van der Waals surface area contributed by atoms with Crippen molar-refractivity contribution in [1.82, 2.24) is 14.8 Å². The first-order valence-corrected chi connectivity index (χ1v) is 11.4. The van der Waals surface area contributed by atoms with Crippen molar-refractivity contribution < 1.29 is 12.8 Å². The molecule has 0 atom stereocenters. The van der Waals surface area contributed by atoms with Gasteiger partial charge in [0.05, 0.1) is 11.7 Å². The van der Waals surface area contributed by atoms with Crippen LogP contribution in [0.2, 0.25) is 0 Å². The Bertz CT molecular complexity index is 1130.